The van der Waals surface area contributed by atoms with Crippen LogP contribution in [0.1, 0.15) is 78.2 Å². The van der Waals surface area contributed by atoms with E-state index in [1.165, 1.54) is 7.11 Å². The van der Waals surface area contributed by atoms with E-state index in [9.17, 15) is 14.7 Å². The Bertz CT molecular complexity index is 946. The zero-order chi connectivity index (χ0) is 31.2. The molecule has 1 fully saturated rings. The van der Waals surface area contributed by atoms with Crippen molar-refractivity contribution in [2.24, 2.45) is 35.3 Å². The first-order valence-corrected chi connectivity index (χ1v) is 15.6. The fourth-order valence-electron chi connectivity index (χ4n) is 5.81. The van der Waals surface area contributed by atoms with Crippen molar-refractivity contribution in [3.63, 3.8) is 0 Å². The first-order chi connectivity index (χ1) is 20.0. The lowest BCUT2D eigenvalue weighted by Gasteiger charge is -2.32. The fourth-order valence-corrected chi connectivity index (χ4v) is 5.81. The number of hydrogen-bond acceptors (Lipinski definition) is 8. The summed E-state index contributed by atoms with van der Waals surface area (Å²) in [7, 11) is 4.72. The molecule has 4 atom stereocenters. The molecule has 0 saturated heterocycles. The third-order valence-electron chi connectivity index (χ3n) is 8.73. The van der Waals surface area contributed by atoms with E-state index >= 15 is 0 Å². The van der Waals surface area contributed by atoms with Crippen LogP contribution in [-0.4, -0.2) is 69.7 Å². The van der Waals surface area contributed by atoms with E-state index in [0.717, 1.165) is 31.2 Å². The van der Waals surface area contributed by atoms with Crippen LogP contribution >= 0.6 is 0 Å². The molecule has 0 aromatic heterocycles. The zero-order valence-corrected chi connectivity index (χ0v) is 26.9. The summed E-state index contributed by atoms with van der Waals surface area (Å²) in [5.41, 5.74) is 7.71. The van der Waals surface area contributed by atoms with Gasteiger partial charge in [-0.15, -0.1) is 0 Å². The second-order valence-electron chi connectivity index (χ2n) is 12.5. The van der Waals surface area contributed by atoms with Gasteiger partial charge in [0.05, 0.1) is 32.8 Å². The Morgan fingerprint density at radius 1 is 0.976 bits per heavy atom. The minimum absolute atomic E-state index is 0.0362. The van der Waals surface area contributed by atoms with E-state index in [1.807, 2.05) is 26.0 Å². The quantitative estimate of drug-likeness (QED) is 0.168. The highest BCUT2D eigenvalue weighted by Gasteiger charge is 2.33. The van der Waals surface area contributed by atoms with Crippen LogP contribution in [0.4, 0.5) is 0 Å². The SMILES string of the molecule is COCCCOc1cc(C[C@@H](C[C@H](N)[C@@H](O)C[C@H](C(=O)NC2CCC(C(=O)OC)CC2)C(C)C)C(C)C)ccc1OC. The van der Waals surface area contributed by atoms with Crippen LogP contribution in [-0.2, 0) is 25.5 Å². The first-order valence-electron chi connectivity index (χ1n) is 15.6. The summed E-state index contributed by atoms with van der Waals surface area (Å²) in [6, 6.07) is 5.59. The second-order valence-corrected chi connectivity index (χ2v) is 12.5. The number of methoxy groups -OCH3 is 3. The number of nitrogens with one attached hydrogen (secondary N) is 1. The summed E-state index contributed by atoms with van der Waals surface area (Å²) in [5.74, 6) is 1.39. The van der Waals surface area contributed by atoms with Gasteiger partial charge >= 0.3 is 5.97 Å². The molecular weight excluding hydrogens is 536 g/mol. The summed E-state index contributed by atoms with van der Waals surface area (Å²) in [6.45, 7) is 9.54. The molecule has 1 aliphatic rings. The Hall–Kier alpha value is -2.36. The third kappa shape index (κ3) is 11.4. The van der Waals surface area contributed by atoms with Crippen LogP contribution in [0, 0.1) is 29.6 Å². The van der Waals surface area contributed by atoms with Crippen molar-refractivity contribution in [3.05, 3.63) is 23.8 Å². The number of hydrogen-bond donors (Lipinski definition) is 3. The molecule has 2 rings (SSSR count). The average Bonchev–Trinajstić information content (AvgIpc) is 2.97. The maximum atomic E-state index is 13.3. The number of amides is 1. The molecule has 1 saturated carbocycles. The number of benzene rings is 1. The molecule has 0 heterocycles. The van der Waals surface area contributed by atoms with Gasteiger partial charge < -0.3 is 35.1 Å². The van der Waals surface area contributed by atoms with Crippen molar-refractivity contribution in [1.82, 2.24) is 5.32 Å². The van der Waals surface area contributed by atoms with Gasteiger partial charge in [-0.1, -0.05) is 33.8 Å². The number of rotatable bonds is 18. The molecule has 1 aliphatic carbocycles. The molecule has 0 unspecified atom stereocenters. The van der Waals surface area contributed by atoms with Gasteiger partial charge in [-0.05, 0) is 80.4 Å². The second kappa shape index (κ2) is 18.3. The normalized spacial score (nSPS) is 20.1. The monoisotopic (exact) mass is 592 g/mol. The number of ether oxygens (including phenoxy) is 4. The molecule has 4 N–H and O–H groups in total. The van der Waals surface area contributed by atoms with Crippen LogP contribution in [0.2, 0.25) is 0 Å². The molecule has 1 aromatic rings. The van der Waals surface area contributed by atoms with Crippen molar-refractivity contribution in [2.75, 3.05) is 34.5 Å². The molecule has 0 bridgehead atoms. The van der Waals surface area contributed by atoms with Gasteiger partial charge in [0.15, 0.2) is 11.5 Å². The van der Waals surface area contributed by atoms with Crippen molar-refractivity contribution in [2.45, 2.75) is 97.2 Å². The zero-order valence-electron chi connectivity index (χ0n) is 26.9. The molecule has 1 amide bonds. The summed E-state index contributed by atoms with van der Waals surface area (Å²) < 4.78 is 21.4. The van der Waals surface area contributed by atoms with E-state index in [0.29, 0.717) is 56.3 Å². The van der Waals surface area contributed by atoms with Crippen LogP contribution < -0.4 is 20.5 Å². The number of esters is 1. The van der Waals surface area contributed by atoms with Gasteiger partial charge in [0, 0.05) is 38.1 Å². The van der Waals surface area contributed by atoms with Gasteiger partial charge in [0.2, 0.25) is 5.91 Å². The van der Waals surface area contributed by atoms with Gasteiger partial charge in [-0.2, -0.15) is 0 Å². The lowest BCUT2D eigenvalue weighted by atomic mass is 9.80. The Balaban J connectivity index is 1.98. The number of carbonyl (C=O) groups is 2. The van der Waals surface area contributed by atoms with E-state index in [1.54, 1.807) is 14.2 Å². The molecule has 9 nitrogen and oxygen atoms in total. The summed E-state index contributed by atoms with van der Waals surface area (Å²) in [4.78, 5) is 25.1. The van der Waals surface area contributed by atoms with Crippen molar-refractivity contribution in [3.8, 4) is 11.5 Å². The third-order valence-corrected chi connectivity index (χ3v) is 8.73. The van der Waals surface area contributed by atoms with E-state index in [4.69, 9.17) is 24.7 Å². The van der Waals surface area contributed by atoms with Crippen LogP contribution in [0.5, 0.6) is 11.5 Å². The lowest BCUT2D eigenvalue weighted by Crippen LogP contribution is -2.46. The van der Waals surface area contributed by atoms with Crippen LogP contribution in [0.15, 0.2) is 18.2 Å². The molecule has 9 heteroatoms. The van der Waals surface area contributed by atoms with E-state index in [2.05, 4.69) is 25.2 Å². The smallest absolute Gasteiger partial charge is 0.308 e. The minimum atomic E-state index is -0.796. The molecule has 1 aromatic carbocycles. The Kier molecular flexibility index (Phi) is 15.6. The van der Waals surface area contributed by atoms with E-state index < -0.39 is 12.1 Å². The van der Waals surface area contributed by atoms with E-state index in [-0.39, 0.29) is 41.6 Å². The van der Waals surface area contributed by atoms with Crippen molar-refractivity contribution >= 4 is 11.9 Å². The summed E-state index contributed by atoms with van der Waals surface area (Å²) >= 11 is 0. The largest absolute Gasteiger partial charge is 0.493 e. The van der Waals surface area contributed by atoms with Gasteiger partial charge in [-0.3, -0.25) is 9.59 Å². The fraction of sp³-hybridized carbons (Fsp3) is 0.758. The number of aliphatic hydroxyl groups is 1. The van der Waals surface area contributed by atoms with Crippen LogP contribution in [0.3, 0.4) is 0 Å². The van der Waals surface area contributed by atoms with Gasteiger partial charge in [-0.25, -0.2) is 0 Å². The molecule has 42 heavy (non-hydrogen) atoms. The highest BCUT2D eigenvalue weighted by molar-refractivity contribution is 5.79. The number of nitrogens with two attached hydrogens (primary N) is 1. The molecule has 0 radical (unpaired) electrons. The molecule has 0 spiro atoms. The average molecular weight is 593 g/mol. The first kappa shape index (κ1) is 35.8. The lowest BCUT2D eigenvalue weighted by molar-refractivity contribution is -0.146. The maximum absolute atomic E-state index is 13.3. The maximum Gasteiger partial charge on any atom is 0.308 e. The topological polar surface area (TPSA) is 129 Å². The standard InChI is InChI=1S/C33H56N2O7/c1-21(2)25(17-23-9-14-30(40-6)31(18-23)42-16-8-15-39-5)19-28(34)29(36)20-27(22(3)4)32(37)35-26-12-10-24(11-13-26)33(38)41-7/h9,14,18,21-22,24-29,36H,8,10-13,15-17,19-20,34H2,1-7H3,(H,35,37)/t24?,25-,26?,27-,28-,29-/m0/s1. The predicted molar refractivity (Wildman–Crippen MR) is 164 cm³/mol. The molecular formula is C33H56N2O7. The Morgan fingerprint density at radius 3 is 2.24 bits per heavy atom. The van der Waals surface area contributed by atoms with Gasteiger partial charge in [0.25, 0.3) is 0 Å². The van der Waals surface area contributed by atoms with Crippen molar-refractivity contribution in [1.29, 1.82) is 0 Å². The number of carbonyl (C=O) groups excluding carboxylic acids is 2. The summed E-state index contributed by atoms with van der Waals surface area (Å²) in [6.07, 6.45) is 4.66. The minimum Gasteiger partial charge on any atom is -0.493 e. The predicted octanol–water partition coefficient (Wildman–Crippen LogP) is 4.51. The highest BCUT2D eigenvalue weighted by atomic mass is 16.5. The number of aliphatic hydroxyl groups excluding tert-OH is 1. The molecule has 240 valence electrons. The van der Waals surface area contributed by atoms with Crippen molar-refractivity contribution < 1.29 is 33.6 Å². The summed E-state index contributed by atoms with van der Waals surface area (Å²) in [5, 5.41) is 14.3. The van der Waals surface area contributed by atoms with Gasteiger partial charge in [0.1, 0.15) is 0 Å². The van der Waals surface area contributed by atoms with Crippen LogP contribution in [0.25, 0.3) is 0 Å². The Labute approximate surface area is 253 Å². The molecule has 0 aliphatic heterocycles. The Morgan fingerprint density at radius 2 is 1.67 bits per heavy atom. The highest BCUT2D eigenvalue weighted by Crippen LogP contribution is 2.32.